The number of oxazole rings is 1. The summed E-state index contributed by atoms with van der Waals surface area (Å²) in [7, 11) is 1.51. The second-order valence-corrected chi connectivity index (χ2v) is 3.71. The van der Waals surface area contributed by atoms with E-state index in [1.165, 1.54) is 7.11 Å². The van der Waals surface area contributed by atoms with Crippen LogP contribution in [0.2, 0.25) is 0 Å². The highest BCUT2D eigenvalue weighted by Gasteiger charge is 2.14. The molecule has 0 saturated heterocycles. The monoisotopic (exact) mass is 251 g/mol. The van der Waals surface area contributed by atoms with Crippen LogP contribution in [-0.2, 0) is 4.79 Å². The van der Waals surface area contributed by atoms with Gasteiger partial charge in [0.1, 0.15) is 11.3 Å². The lowest BCUT2D eigenvalue weighted by Gasteiger charge is -2.03. The van der Waals surface area contributed by atoms with Crippen LogP contribution in [0.1, 0.15) is 19.8 Å². The van der Waals surface area contributed by atoms with Gasteiger partial charge in [0.2, 0.25) is 0 Å². The van der Waals surface area contributed by atoms with Crippen molar-refractivity contribution in [3.63, 3.8) is 0 Å². The van der Waals surface area contributed by atoms with E-state index in [0.717, 1.165) is 4.73 Å². The van der Waals surface area contributed by atoms with Crippen molar-refractivity contribution in [2.24, 2.45) is 0 Å². The van der Waals surface area contributed by atoms with Crippen molar-refractivity contribution in [2.45, 2.75) is 19.8 Å². The summed E-state index contributed by atoms with van der Waals surface area (Å²) in [6.45, 7) is 1.85. The molecule has 0 radical (unpaired) electrons. The Morgan fingerprint density at radius 1 is 1.44 bits per heavy atom. The van der Waals surface area contributed by atoms with E-state index in [1.807, 2.05) is 6.92 Å². The summed E-state index contributed by atoms with van der Waals surface area (Å²) in [5, 5.41) is 0. The molecule has 1 aromatic carbocycles. The topological polar surface area (TPSA) is 70.7 Å². The van der Waals surface area contributed by atoms with Crippen LogP contribution in [0.3, 0.4) is 0 Å². The molecule has 18 heavy (non-hydrogen) atoms. The summed E-state index contributed by atoms with van der Waals surface area (Å²) in [4.78, 5) is 27.9. The zero-order valence-corrected chi connectivity index (χ0v) is 10.1. The summed E-state index contributed by atoms with van der Waals surface area (Å²) in [5.74, 6) is -0.670. The molecule has 6 nitrogen and oxygen atoms in total. The molecule has 0 N–H and O–H groups in total. The Hall–Kier alpha value is -2.24. The quantitative estimate of drug-likeness (QED) is 0.820. The maximum Gasteiger partial charge on any atom is 0.453 e. The molecule has 2 rings (SSSR count). The standard InChI is InChI=1S/C12H13NO5/c1-3-4-11(14)18-13-9-7-8(16-2)5-6-10(9)17-12(13)15/h5-7H,3-4H2,1-2H3. The zero-order valence-electron chi connectivity index (χ0n) is 10.1. The Morgan fingerprint density at radius 3 is 2.89 bits per heavy atom. The SMILES string of the molecule is CCCC(=O)On1c(=O)oc2ccc(OC)cc21. The molecule has 2 aromatic rings. The molecule has 1 aromatic heterocycles. The van der Waals surface area contributed by atoms with Crippen LogP contribution in [0.15, 0.2) is 27.4 Å². The fourth-order valence-corrected chi connectivity index (χ4v) is 1.54. The van der Waals surface area contributed by atoms with Crippen molar-refractivity contribution in [1.82, 2.24) is 4.73 Å². The van der Waals surface area contributed by atoms with Gasteiger partial charge in [-0.25, -0.2) is 9.59 Å². The van der Waals surface area contributed by atoms with Gasteiger partial charge in [-0.1, -0.05) is 11.7 Å². The number of ether oxygens (including phenoxy) is 1. The van der Waals surface area contributed by atoms with Crippen LogP contribution in [0.4, 0.5) is 0 Å². The number of hydrogen-bond acceptors (Lipinski definition) is 5. The smallest absolute Gasteiger partial charge is 0.453 e. The average Bonchev–Trinajstić information content (AvgIpc) is 2.65. The number of fused-ring (bicyclic) bond motifs is 1. The van der Waals surface area contributed by atoms with Crippen LogP contribution in [-0.4, -0.2) is 17.8 Å². The van der Waals surface area contributed by atoms with Crippen LogP contribution in [0, 0.1) is 0 Å². The van der Waals surface area contributed by atoms with Gasteiger partial charge < -0.3 is 14.0 Å². The second-order valence-electron chi connectivity index (χ2n) is 3.71. The van der Waals surface area contributed by atoms with Crippen molar-refractivity contribution < 1.29 is 18.8 Å². The molecule has 0 aliphatic rings. The molecule has 96 valence electrons. The molecular formula is C12H13NO5. The van der Waals surface area contributed by atoms with Crippen LogP contribution in [0.25, 0.3) is 11.1 Å². The first-order valence-electron chi connectivity index (χ1n) is 5.56. The molecule has 0 aliphatic heterocycles. The van der Waals surface area contributed by atoms with Crippen molar-refractivity contribution in [1.29, 1.82) is 0 Å². The van der Waals surface area contributed by atoms with E-state index in [1.54, 1.807) is 18.2 Å². The summed E-state index contributed by atoms with van der Waals surface area (Å²) in [5.41, 5.74) is 0.703. The molecule has 0 atom stereocenters. The maximum atomic E-state index is 11.6. The van der Waals surface area contributed by atoms with Crippen LogP contribution in [0.5, 0.6) is 5.75 Å². The molecular weight excluding hydrogens is 238 g/mol. The summed E-state index contributed by atoms with van der Waals surface area (Å²) >= 11 is 0. The Morgan fingerprint density at radius 2 is 2.22 bits per heavy atom. The van der Waals surface area contributed by atoms with Gasteiger partial charge in [0.25, 0.3) is 0 Å². The van der Waals surface area contributed by atoms with Gasteiger partial charge in [-0.15, -0.1) is 0 Å². The normalized spacial score (nSPS) is 10.6. The third-order valence-electron chi connectivity index (χ3n) is 2.40. The number of benzene rings is 1. The molecule has 0 saturated carbocycles. The van der Waals surface area contributed by atoms with Gasteiger partial charge in [0, 0.05) is 12.5 Å². The van der Waals surface area contributed by atoms with E-state index in [4.69, 9.17) is 14.0 Å². The predicted molar refractivity (Wildman–Crippen MR) is 63.5 cm³/mol. The Labute approximate surface area is 103 Å². The van der Waals surface area contributed by atoms with Gasteiger partial charge in [0.15, 0.2) is 5.58 Å². The molecule has 0 unspecified atom stereocenters. The highest BCUT2D eigenvalue weighted by Crippen LogP contribution is 2.19. The van der Waals surface area contributed by atoms with Gasteiger partial charge in [-0.3, -0.25) is 0 Å². The van der Waals surface area contributed by atoms with Gasteiger partial charge >= 0.3 is 11.7 Å². The fourth-order valence-electron chi connectivity index (χ4n) is 1.54. The largest absolute Gasteiger partial charge is 0.497 e. The fraction of sp³-hybridized carbons (Fsp3) is 0.333. The average molecular weight is 251 g/mol. The minimum atomic E-state index is -0.734. The van der Waals surface area contributed by atoms with Crippen molar-refractivity contribution >= 4 is 17.1 Å². The summed E-state index contributed by atoms with van der Waals surface area (Å²) in [6, 6.07) is 4.81. The third kappa shape index (κ3) is 2.22. The van der Waals surface area contributed by atoms with E-state index in [0.29, 0.717) is 23.3 Å². The number of aromatic nitrogens is 1. The zero-order chi connectivity index (χ0) is 13.1. The van der Waals surface area contributed by atoms with E-state index in [-0.39, 0.29) is 6.42 Å². The molecule has 6 heteroatoms. The molecule has 0 bridgehead atoms. The summed E-state index contributed by atoms with van der Waals surface area (Å²) in [6.07, 6.45) is 0.885. The highest BCUT2D eigenvalue weighted by atomic mass is 16.7. The first kappa shape index (κ1) is 12.2. The Kier molecular flexibility index (Phi) is 3.36. The second kappa shape index (κ2) is 4.95. The Balaban J connectivity index is 2.45. The van der Waals surface area contributed by atoms with Crippen LogP contribution < -0.4 is 15.3 Å². The number of carbonyl (C=O) groups excluding carboxylic acids is 1. The number of rotatable bonds is 4. The van der Waals surface area contributed by atoms with Crippen LogP contribution >= 0.6 is 0 Å². The third-order valence-corrected chi connectivity index (χ3v) is 2.40. The number of hydrogen-bond donors (Lipinski definition) is 0. The lowest BCUT2D eigenvalue weighted by molar-refractivity contribution is -0.144. The number of nitrogens with zero attached hydrogens (tertiary/aromatic N) is 1. The van der Waals surface area contributed by atoms with Gasteiger partial charge in [-0.2, -0.15) is 0 Å². The highest BCUT2D eigenvalue weighted by molar-refractivity contribution is 5.76. The molecule has 0 spiro atoms. The summed E-state index contributed by atoms with van der Waals surface area (Å²) < 4.78 is 10.8. The Bertz CT molecular complexity index is 625. The van der Waals surface area contributed by atoms with Gasteiger partial charge in [-0.05, 0) is 18.6 Å². The molecule has 0 aliphatic carbocycles. The first-order valence-corrected chi connectivity index (χ1v) is 5.56. The van der Waals surface area contributed by atoms with Crippen molar-refractivity contribution in [3.05, 3.63) is 28.7 Å². The lowest BCUT2D eigenvalue weighted by Crippen LogP contribution is -2.27. The van der Waals surface area contributed by atoms with Crippen molar-refractivity contribution in [2.75, 3.05) is 7.11 Å². The van der Waals surface area contributed by atoms with E-state index >= 15 is 0 Å². The number of carbonyl (C=O) groups is 1. The minimum Gasteiger partial charge on any atom is -0.497 e. The van der Waals surface area contributed by atoms with E-state index in [2.05, 4.69) is 0 Å². The van der Waals surface area contributed by atoms with Crippen molar-refractivity contribution in [3.8, 4) is 5.75 Å². The van der Waals surface area contributed by atoms with E-state index in [9.17, 15) is 9.59 Å². The molecule has 1 heterocycles. The molecule has 0 amide bonds. The molecule has 0 fully saturated rings. The van der Waals surface area contributed by atoms with E-state index < -0.39 is 11.7 Å². The minimum absolute atomic E-state index is 0.239. The number of methoxy groups -OCH3 is 1. The lowest BCUT2D eigenvalue weighted by atomic mass is 10.3. The maximum absolute atomic E-state index is 11.6. The predicted octanol–water partition coefficient (Wildman–Crippen LogP) is 1.36. The first-order chi connectivity index (χ1) is 8.65. The van der Waals surface area contributed by atoms with Gasteiger partial charge in [0.05, 0.1) is 7.11 Å².